The van der Waals surface area contributed by atoms with E-state index in [0.29, 0.717) is 21.8 Å². The summed E-state index contributed by atoms with van der Waals surface area (Å²) in [7, 11) is 1.64. The Bertz CT molecular complexity index is 1550. The number of imide groups is 1. The summed E-state index contributed by atoms with van der Waals surface area (Å²) < 4.78 is 34.3. The maximum Gasteiger partial charge on any atom is 0.287 e. The highest BCUT2D eigenvalue weighted by Crippen LogP contribution is 2.35. The van der Waals surface area contributed by atoms with Crippen molar-refractivity contribution in [3.8, 4) is 11.3 Å². The zero-order chi connectivity index (χ0) is 27.1. The van der Waals surface area contributed by atoms with Gasteiger partial charge < -0.3 is 9.73 Å². The normalized spacial score (nSPS) is 13.7. The topological polar surface area (TPSA) is 97.4 Å². The molecule has 4 aromatic rings. The Morgan fingerprint density at radius 2 is 1.71 bits per heavy atom. The van der Waals surface area contributed by atoms with E-state index in [1.165, 1.54) is 35.1 Å². The van der Waals surface area contributed by atoms with Gasteiger partial charge in [0.1, 0.15) is 0 Å². The molecule has 0 unspecified atom stereocenters. The number of amides is 3. The van der Waals surface area contributed by atoms with E-state index < -0.39 is 35.4 Å². The van der Waals surface area contributed by atoms with Crippen LogP contribution in [0.3, 0.4) is 0 Å². The van der Waals surface area contributed by atoms with E-state index >= 15 is 0 Å². The third-order valence-corrected chi connectivity index (χ3v) is 6.70. The summed E-state index contributed by atoms with van der Waals surface area (Å²) in [4.78, 5) is 40.0. The molecule has 1 N–H and O–H groups in total. The molecule has 0 spiro atoms. The third kappa shape index (κ3) is 4.68. The van der Waals surface area contributed by atoms with E-state index in [1.54, 1.807) is 19.2 Å². The second kappa shape index (κ2) is 10.0. The van der Waals surface area contributed by atoms with Gasteiger partial charge in [0.25, 0.3) is 17.7 Å². The molecule has 0 bridgehead atoms. The minimum atomic E-state index is -1.07. The maximum atomic E-state index is 13.9. The lowest BCUT2D eigenvalue weighted by Crippen LogP contribution is -2.46. The highest BCUT2D eigenvalue weighted by molar-refractivity contribution is 6.35. The number of aromatic nitrogens is 2. The van der Waals surface area contributed by atoms with Crippen LogP contribution in [0.1, 0.15) is 36.8 Å². The molecule has 38 heavy (non-hydrogen) atoms. The molecule has 1 atom stereocenters. The van der Waals surface area contributed by atoms with Gasteiger partial charge in [-0.25, -0.2) is 8.78 Å². The first-order valence-electron chi connectivity index (χ1n) is 11.3. The highest BCUT2D eigenvalue weighted by Gasteiger charge is 2.37. The fourth-order valence-corrected chi connectivity index (χ4v) is 4.85. The van der Waals surface area contributed by atoms with Crippen LogP contribution in [0.5, 0.6) is 0 Å². The van der Waals surface area contributed by atoms with Gasteiger partial charge in [0.15, 0.2) is 17.4 Å². The third-order valence-electron chi connectivity index (χ3n) is 6.14. The van der Waals surface area contributed by atoms with Crippen molar-refractivity contribution in [2.45, 2.75) is 12.5 Å². The minimum Gasteiger partial charge on any atom is -0.439 e. The van der Waals surface area contributed by atoms with Crippen LogP contribution in [0, 0.1) is 11.6 Å². The second-order valence-electron chi connectivity index (χ2n) is 8.65. The Morgan fingerprint density at radius 1 is 1.03 bits per heavy atom. The lowest BCUT2D eigenvalue weighted by atomic mass is 10.0. The number of benzene rings is 2. The minimum absolute atomic E-state index is 0.0226. The number of furan rings is 1. The molecule has 2 aromatic carbocycles. The Labute approximate surface area is 224 Å². The van der Waals surface area contributed by atoms with Gasteiger partial charge in [-0.1, -0.05) is 29.8 Å². The van der Waals surface area contributed by atoms with Gasteiger partial charge in [-0.05, 0) is 47.9 Å². The summed E-state index contributed by atoms with van der Waals surface area (Å²) in [5.74, 6) is -4.01. The van der Waals surface area contributed by atoms with E-state index in [1.807, 2.05) is 0 Å². The van der Waals surface area contributed by atoms with Crippen LogP contribution < -0.4 is 5.32 Å². The smallest absolute Gasteiger partial charge is 0.287 e. The quantitative estimate of drug-likeness (QED) is 0.325. The van der Waals surface area contributed by atoms with Crippen molar-refractivity contribution >= 4 is 40.9 Å². The fourth-order valence-electron chi connectivity index (χ4n) is 4.35. The summed E-state index contributed by atoms with van der Waals surface area (Å²) in [6, 6.07) is 10.2. The van der Waals surface area contributed by atoms with Gasteiger partial charge in [-0.3, -0.25) is 24.0 Å². The zero-order valence-corrected chi connectivity index (χ0v) is 21.2. The van der Waals surface area contributed by atoms with E-state index in [9.17, 15) is 23.2 Å². The van der Waals surface area contributed by atoms with Gasteiger partial charge in [-0.2, -0.15) is 5.10 Å². The SMILES string of the molecule is Cn1ncc(Cl)c1-c1cc(C(=O)N[C@@H](Cc2ccc(F)c(F)c2)CN2C(=O)c3ccccc3C2=O)oc1Cl. The van der Waals surface area contributed by atoms with Gasteiger partial charge in [0.2, 0.25) is 5.22 Å². The maximum absolute atomic E-state index is 13.9. The first-order chi connectivity index (χ1) is 18.1. The van der Waals surface area contributed by atoms with Gasteiger partial charge >= 0.3 is 0 Å². The van der Waals surface area contributed by atoms with E-state index in [0.717, 1.165) is 17.0 Å². The van der Waals surface area contributed by atoms with E-state index in [4.69, 9.17) is 27.6 Å². The molecular formula is C26H18Cl2F2N4O4. The molecule has 0 radical (unpaired) electrons. The molecule has 8 nitrogen and oxygen atoms in total. The number of carbonyl (C=O) groups excluding carboxylic acids is 3. The van der Waals surface area contributed by atoms with E-state index in [2.05, 4.69) is 10.4 Å². The molecular weight excluding hydrogens is 541 g/mol. The standard InChI is InChI=1S/C26H18Cl2F2N4O4/c1-33-22(18(27)11-31-33)17-10-21(38-23(17)28)24(35)32-14(8-13-6-7-19(29)20(30)9-13)12-34-25(36)15-4-2-3-5-16(15)26(34)37/h2-7,9-11,14H,8,12H2,1H3,(H,32,35)/t14-/m0/s1. The molecule has 194 valence electrons. The monoisotopic (exact) mass is 558 g/mol. The van der Waals surface area contributed by atoms with Gasteiger partial charge in [-0.15, -0.1) is 0 Å². The Hall–Kier alpha value is -4.02. The first-order valence-corrected chi connectivity index (χ1v) is 12.1. The Balaban J connectivity index is 1.42. The summed E-state index contributed by atoms with van der Waals surface area (Å²) in [5.41, 5.74) is 1.59. The summed E-state index contributed by atoms with van der Waals surface area (Å²) in [6.45, 7) is -0.230. The second-order valence-corrected chi connectivity index (χ2v) is 9.40. The molecule has 0 aliphatic carbocycles. The van der Waals surface area contributed by atoms with Crippen molar-refractivity contribution in [3.63, 3.8) is 0 Å². The zero-order valence-electron chi connectivity index (χ0n) is 19.7. The van der Waals surface area contributed by atoms with Gasteiger partial charge in [0, 0.05) is 19.7 Å². The number of aryl methyl sites for hydroxylation is 1. The number of nitrogens with one attached hydrogen (secondary N) is 1. The van der Waals surface area contributed by atoms with Gasteiger partial charge in [0.05, 0.1) is 39.6 Å². The van der Waals surface area contributed by atoms with Crippen molar-refractivity contribution in [3.05, 3.63) is 99.1 Å². The number of hydrogen-bond acceptors (Lipinski definition) is 5. The lowest BCUT2D eigenvalue weighted by molar-refractivity contribution is 0.0627. The van der Waals surface area contributed by atoms with Crippen LogP contribution in [-0.2, 0) is 13.5 Å². The van der Waals surface area contributed by atoms with Crippen molar-refractivity contribution in [2.24, 2.45) is 7.05 Å². The lowest BCUT2D eigenvalue weighted by Gasteiger charge is -2.23. The van der Waals surface area contributed by atoms with Crippen molar-refractivity contribution in [1.82, 2.24) is 20.0 Å². The number of fused-ring (bicyclic) bond motifs is 1. The molecule has 0 saturated carbocycles. The Morgan fingerprint density at radius 3 is 2.32 bits per heavy atom. The Kier molecular flexibility index (Phi) is 6.77. The van der Waals surface area contributed by atoms with E-state index in [-0.39, 0.29) is 35.1 Å². The molecule has 2 aromatic heterocycles. The van der Waals surface area contributed by atoms with Crippen molar-refractivity contribution in [1.29, 1.82) is 0 Å². The highest BCUT2D eigenvalue weighted by atomic mass is 35.5. The molecule has 0 saturated heterocycles. The molecule has 12 heteroatoms. The average Bonchev–Trinajstić information content (AvgIpc) is 3.51. The summed E-state index contributed by atoms with van der Waals surface area (Å²) in [6.07, 6.45) is 1.39. The summed E-state index contributed by atoms with van der Waals surface area (Å²) in [5, 5.41) is 6.96. The molecule has 3 amide bonds. The van der Waals surface area contributed by atoms with Crippen LogP contribution in [-0.4, -0.2) is 45.0 Å². The number of hydrogen-bond donors (Lipinski definition) is 1. The van der Waals surface area contributed by atoms with Crippen LogP contribution in [0.4, 0.5) is 8.78 Å². The molecule has 1 aliphatic rings. The molecule has 5 rings (SSSR count). The number of carbonyl (C=O) groups is 3. The van der Waals surface area contributed by atoms with Crippen molar-refractivity contribution < 1.29 is 27.6 Å². The molecule has 1 aliphatic heterocycles. The number of rotatable bonds is 7. The van der Waals surface area contributed by atoms with Crippen LogP contribution in [0.25, 0.3) is 11.3 Å². The van der Waals surface area contributed by atoms with Crippen LogP contribution >= 0.6 is 23.2 Å². The first kappa shape index (κ1) is 25.6. The summed E-state index contributed by atoms with van der Waals surface area (Å²) >= 11 is 12.4. The fraction of sp³-hybridized carbons (Fsp3) is 0.154. The molecule has 3 heterocycles. The average molecular weight is 559 g/mol. The predicted molar refractivity (Wildman–Crippen MR) is 134 cm³/mol. The molecule has 0 fully saturated rings. The number of nitrogens with zero attached hydrogens (tertiary/aromatic N) is 3. The largest absolute Gasteiger partial charge is 0.439 e. The number of halogens is 4. The predicted octanol–water partition coefficient (Wildman–Crippen LogP) is 4.90. The van der Waals surface area contributed by atoms with Crippen LogP contribution in [0.2, 0.25) is 10.2 Å². The van der Waals surface area contributed by atoms with Crippen molar-refractivity contribution in [2.75, 3.05) is 6.54 Å². The van der Waals surface area contributed by atoms with Crippen LogP contribution in [0.15, 0.2) is 59.1 Å².